The van der Waals surface area contributed by atoms with E-state index in [0.717, 1.165) is 6.26 Å². The first-order valence-corrected chi connectivity index (χ1v) is 9.10. The van der Waals surface area contributed by atoms with Gasteiger partial charge in [0, 0.05) is 5.69 Å². The number of benzene rings is 2. The van der Waals surface area contributed by atoms with Crippen LogP contribution in [0.1, 0.15) is 10.4 Å². The van der Waals surface area contributed by atoms with Gasteiger partial charge >= 0.3 is 6.61 Å². The zero-order chi connectivity index (χ0) is 19.3. The number of carbonyl (C=O) groups excluding carboxylic acids is 1. The summed E-state index contributed by atoms with van der Waals surface area (Å²) in [6, 6.07) is 9.78. The minimum absolute atomic E-state index is 0.0961. The highest BCUT2D eigenvalue weighted by Gasteiger charge is 2.16. The van der Waals surface area contributed by atoms with Gasteiger partial charge in [0.1, 0.15) is 11.5 Å². The number of ether oxygens (including phenoxy) is 2. The number of carbonyl (C=O) groups is 1. The van der Waals surface area contributed by atoms with Crippen molar-refractivity contribution in [2.75, 3.05) is 23.4 Å². The van der Waals surface area contributed by atoms with Crippen molar-refractivity contribution < 1.29 is 31.5 Å². The van der Waals surface area contributed by atoms with Gasteiger partial charge in [0.15, 0.2) is 0 Å². The van der Waals surface area contributed by atoms with Crippen LogP contribution in [0, 0.1) is 0 Å². The molecule has 0 heterocycles. The molecular weight excluding hydrogens is 370 g/mol. The van der Waals surface area contributed by atoms with Gasteiger partial charge in [-0.1, -0.05) is 12.1 Å². The van der Waals surface area contributed by atoms with E-state index >= 15 is 0 Å². The monoisotopic (exact) mass is 386 g/mol. The number of hydrogen-bond donors (Lipinski definition) is 2. The van der Waals surface area contributed by atoms with Gasteiger partial charge in [-0.05, 0) is 30.3 Å². The van der Waals surface area contributed by atoms with E-state index in [2.05, 4.69) is 14.8 Å². The first-order chi connectivity index (χ1) is 12.2. The second kappa shape index (κ2) is 8.00. The zero-order valence-corrected chi connectivity index (χ0v) is 14.6. The maximum Gasteiger partial charge on any atom is 0.387 e. The number of amides is 1. The Labute approximate surface area is 149 Å². The Morgan fingerprint density at radius 1 is 1.12 bits per heavy atom. The van der Waals surface area contributed by atoms with Crippen LogP contribution in [0.3, 0.4) is 0 Å². The first kappa shape index (κ1) is 19.4. The van der Waals surface area contributed by atoms with Crippen LogP contribution in [0.25, 0.3) is 0 Å². The molecule has 0 aromatic heterocycles. The summed E-state index contributed by atoms with van der Waals surface area (Å²) in [5.41, 5.74) is 0.250. The molecule has 0 unspecified atom stereocenters. The molecule has 0 saturated heterocycles. The smallest absolute Gasteiger partial charge is 0.387 e. The van der Waals surface area contributed by atoms with E-state index in [1.807, 2.05) is 0 Å². The predicted octanol–water partition coefficient (Wildman–Crippen LogP) is 2.92. The average molecular weight is 386 g/mol. The molecule has 2 aromatic carbocycles. The number of rotatable bonds is 7. The van der Waals surface area contributed by atoms with E-state index in [1.54, 1.807) is 0 Å². The van der Waals surface area contributed by atoms with Crippen molar-refractivity contribution in [3.63, 3.8) is 0 Å². The number of sulfonamides is 1. The summed E-state index contributed by atoms with van der Waals surface area (Å²) in [5.74, 6) is -0.727. The molecule has 140 valence electrons. The van der Waals surface area contributed by atoms with E-state index in [0.29, 0.717) is 0 Å². The number of anilines is 2. The molecule has 2 rings (SSSR count). The van der Waals surface area contributed by atoms with Crippen LogP contribution in [0.15, 0.2) is 42.5 Å². The number of alkyl halides is 2. The highest BCUT2D eigenvalue weighted by molar-refractivity contribution is 7.92. The lowest BCUT2D eigenvalue weighted by Gasteiger charge is -2.13. The Balaban J connectivity index is 2.28. The minimum atomic E-state index is -3.57. The molecule has 0 aliphatic carbocycles. The second-order valence-electron chi connectivity index (χ2n) is 5.12. The van der Waals surface area contributed by atoms with Crippen molar-refractivity contribution in [3.05, 3.63) is 48.0 Å². The van der Waals surface area contributed by atoms with Crippen molar-refractivity contribution in [3.8, 4) is 11.5 Å². The van der Waals surface area contributed by atoms with Gasteiger partial charge in [0.25, 0.3) is 5.91 Å². The fourth-order valence-corrected chi connectivity index (χ4v) is 2.68. The van der Waals surface area contributed by atoms with Crippen LogP contribution in [-0.4, -0.2) is 34.3 Å². The summed E-state index contributed by atoms with van der Waals surface area (Å²) in [4.78, 5) is 12.4. The molecule has 0 aliphatic heterocycles. The molecule has 0 fully saturated rings. The molecule has 0 atom stereocenters. The van der Waals surface area contributed by atoms with Crippen molar-refractivity contribution in [1.29, 1.82) is 0 Å². The van der Waals surface area contributed by atoms with E-state index < -0.39 is 22.5 Å². The predicted molar refractivity (Wildman–Crippen MR) is 92.5 cm³/mol. The van der Waals surface area contributed by atoms with Crippen LogP contribution in [-0.2, 0) is 10.0 Å². The molecule has 0 spiro atoms. The van der Waals surface area contributed by atoms with Gasteiger partial charge in [-0.2, -0.15) is 8.78 Å². The number of methoxy groups -OCH3 is 1. The Bertz CT molecular complexity index is 903. The topological polar surface area (TPSA) is 93.7 Å². The normalized spacial score (nSPS) is 11.1. The Morgan fingerprint density at radius 3 is 2.42 bits per heavy atom. The molecule has 7 nitrogen and oxygen atoms in total. The van der Waals surface area contributed by atoms with E-state index in [-0.39, 0.29) is 28.4 Å². The molecule has 0 aliphatic rings. The minimum Gasteiger partial charge on any atom is -0.495 e. The van der Waals surface area contributed by atoms with Gasteiger partial charge in [0.2, 0.25) is 10.0 Å². The van der Waals surface area contributed by atoms with Crippen molar-refractivity contribution in [2.24, 2.45) is 0 Å². The Morgan fingerprint density at radius 2 is 1.81 bits per heavy atom. The molecule has 0 saturated carbocycles. The second-order valence-corrected chi connectivity index (χ2v) is 6.87. The molecule has 0 radical (unpaired) electrons. The summed E-state index contributed by atoms with van der Waals surface area (Å²) < 4.78 is 59.4. The highest BCUT2D eigenvalue weighted by atomic mass is 32.2. The average Bonchev–Trinajstić information content (AvgIpc) is 2.53. The lowest BCUT2D eigenvalue weighted by atomic mass is 10.1. The highest BCUT2D eigenvalue weighted by Crippen LogP contribution is 2.29. The zero-order valence-electron chi connectivity index (χ0n) is 13.8. The first-order valence-electron chi connectivity index (χ1n) is 7.20. The Kier molecular flexibility index (Phi) is 5.98. The SMILES string of the molecule is COc1ccc(NC(=O)c2ccccc2OC(F)F)cc1NS(C)(=O)=O. The third kappa shape index (κ3) is 5.31. The largest absolute Gasteiger partial charge is 0.495 e. The third-order valence-electron chi connectivity index (χ3n) is 3.10. The summed E-state index contributed by atoms with van der Waals surface area (Å²) >= 11 is 0. The van der Waals surface area contributed by atoms with E-state index in [1.165, 1.54) is 49.6 Å². The summed E-state index contributed by atoms with van der Waals surface area (Å²) in [6.45, 7) is -3.07. The van der Waals surface area contributed by atoms with Gasteiger partial charge < -0.3 is 14.8 Å². The van der Waals surface area contributed by atoms with Gasteiger partial charge in [-0.3, -0.25) is 9.52 Å². The van der Waals surface area contributed by atoms with Gasteiger partial charge in [0.05, 0.1) is 24.6 Å². The molecule has 10 heteroatoms. The lowest BCUT2D eigenvalue weighted by Crippen LogP contribution is -2.15. The molecular formula is C16H16F2N2O5S. The van der Waals surface area contributed by atoms with Gasteiger partial charge in [-0.25, -0.2) is 8.42 Å². The maximum atomic E-state index is 12.5. The van der Waals surface area contributed by atoms with E-state index in [9.17, 15) is 22.0 Å². The summed E-state index contributed by atoms with van der Waals surface area (Å²) in [7, 11) is -2.21. The van der Waals surface area contributed by atoms with Crippen LogP contribution < -0.4 is 19.5 Å². The molecule has 26 heavy (non-hydrogen) atoms. The summed E-state index contributed by atoms with van der Waals surface area (Å²) in [5, 5.41) is 2.50. The number of halogens is 2. The number of nitrogens with one attached hydrogen (secondary N) is 2. The van der Waals surface area contributed by atoms with Crippen LogP contribution in [0.2, 0.25) is 0 Å². The van der Waals surface area contributed by atoms with Crippen LogP contribution >= 0.6 is 0 Å². The standard InChI is InChI=1S/C16H16F2N2O5S/c1-24-14-8-7-10(9-12(14)20-26(2,22)23)19-15(21)11-5-3-4-6-13(11)25-16(17)18/h3-9,16,20H,1-2H3,(H,19,21). The molecule has 2 aromatic rings. The van der Waals surface area contributed by atoms with Crippen molar-refractivity contribution >= 4 is 27.3 Å². The fraction of sp³-hybridized carbons (Fsp3) is 0.188. The van der Waals surface area contributed by atoms with Crippen molar-refractivity contribution in [1.82, 2.24) is 0 Å². The lowest BCUT2D eigenvalue weighted by molar-refractivity contribution is -0.0501. The molecule has 1 amide bonds. The quantitative estimate of drug-likeness (QED) is 0.763. The van der Waals surface area contributed by atoms with Gasteiger partial charge in [-0.15, -0.1) is 0 Å². The molecule has 0 bridgehead atoms. The number of hydrogen-bond acceptors (Lipinski definition) is 5. The molecule has 2 N–H and O–H groups in total. The van der Waals surface area contributed by atoms with Crippen molar-refractivity contribution in [2.45, 2.75) is 6.61 Å². The fourth-order valence-electron chi connectivity index (χ4n) is 2.12. The van der Waals surface area contributed by atoms with E-state index in [4.69, 9.17) is 4.74 Å². The Hall–Kier alpha value is -2.88. The maximum absolute atomic E-state index is 12.5. The number of para-hydroxylation sites is 1. The summed E-state index contributed by atoms with van der Waals surface area (Å²) in [6.07, 6.45) is 0.968. The van der Waals surface area contributed by atoms with Crippen LogP contribution in [0.4, 0.5) is 20.2 Å². The van der Waals surface area contributed by atoms with Crippen LogP contribution in [0.5, 0.6) is 11.5 Å². The third-order valence-corrected chi connectivity index (χ3v) is 3.69.